The van der Waals surface area contributed by atoms with E-state index in [0.29, 0.717) is 24.2 Å². The van der Waals surface area contributed by atoms with E-state index in [1.807, 2.05) is 34.8 Å². The van der Waals surface area contributed by atoms with Crippen molar-refractivity contribution in [3.05, 3.63) is 53.3 Å². The van der Waals surface area contributed by atoms with Crippen LogP contribution < -0.4 is 0 Å². The van der Waals surface area contributed by atoms with Crippen LogP contribution in [0.15, 0.2) is 41.4 Å². The van der Waals surface area contributed by atoms with Crippen molar-refractivity contribution in [1.29, 1.82) is 0 Å². The first-order chi connectivity index (χ1) is 14.2. The second-order valence-electron chi connectivity index (χ2n) is 7.83. The van der Waals surface area contributed by atoms with Crippen molar-refractivity contribution in [2.45, 2.75) is 43.5 Å². The Hall–Kier alpha value is -2.61. The number of carbonyl (C=O) groups is 2. The average Bonchev–Trinajstić information content (AvgIpc) is 3.13. The lowest BCUT2D eigenvalue weighted by Crippen LogP contribution is -2.44. The smallest absolute Gasteiger partial charge is 0.338 e. The molecule has 1 aromatic carbocycles. The Balaban J connectivity index is 1.64. The maximum absolute atomic E-state index is 12.9. The van der Waals surface area contributed by atoms with Gasteiger partial charge in [0, 0.05) is 38.5 Å². The van der Waals surface area contributed by atoms with Crippen molar-refractivity contribution in [3.8, 4) is 0 Å². The third-order valence-corrected chi connectivity index (χ3v) is 6.70. The van der Waals surface area contributed by atoms with Crippen LogP contribution in [0.4, 0.5) is 0 Å². The van der Waals surface area contributed by atoms with Crippen molar-refractivity contribution < 1.29 is 22.7 Å². The van der Waals surface area contributed by atoms with E-state index in [-0.39, 0.29) is 29.0 Å². The SMILES string of the molecule is Cc1ccc(S(C)(=O)=O)cc1C(=O)OCCC1CCCCN1C(=O)c1cccn1C. The number of carbonyl (C=O) groups excluding carboxylic acids is 2. The van der Waals surface area contributed by atoms with E-state index in [4.69, 9.17) is 4.74 Å². The highest BCUT2D eigenvalue weighted by Crippen LogP contribution is 2.23. The quantitative estimate of drug-likeness (QED) is 0.655. The second-order valence-corrected chi connectivity index (χ2v) is 9.84. The van der Waals surface area contributed by atoms with Gasteiger partial charge in [0.15, 0.2) is 9.84 Å². The van der Waals surface area contributed by atoms with Gasteiger partial charge in [-0.25, -0.2) is 13.2 Å². The minimum Gasteiger partial charge on any atom is -0.462 e. The molecule has 1 unspecified atom stereocenters. The first kappa shape index (κ1) is 22.1. The van der Waals surface area contributed by atoms with Crippen molar-refractivity contribution in [3.63, 3.8) is 0 Å². The van der Waals surface area contributed by atoms with E-state index >= 15 is 0 Å². The fraction of sp³-hybridized carbons (Fsp3) is 0.455. The van der Waals surface area contributed by atoms with Crippen molar-refractivity contribution in [2.75, 3.05) is 19.4 Å². The predicted molar refractivity (Wildman–Crippen MR) is 113 cm³/mol. The molecule has 0 N–H and O–H groups in total. The molecule has 1 fully saturated rings. The predicted octanol–water partition coefficient (Wildman–Crippen LogP) is 2.98. The molecule has 2 aromatic rings. The first-order valence-electron chi connectivity index (χ1n) is 10.1. The van der Waals surface area contributed by atoms with Gasteiger partial charge < -0.3 is 14.2 Å². The number of piperidine rings is 1. The third-order valence-electron chi connectivity index (χ3n) is 5.59. The van der Waals surface area contributed by atoms with Gasteiger partial charge >= 0.3 is 5.97 Å². The number of nitrogens with zero attached hydrogens (tertiary/aromatic N) is 2. The minimum atomic E-state index is -3.41. The summed E-state index contributed by atoms with van der Waals surface area (Å²) in [7, 11) is -1.56. The lowest BCUT2D eigenvalue weighted by atomic mass is 9.99. The van der Waals surface area contributed by atoms with Crippen molar-refractivity contribution >= 4 is 21.7 Å². The number of aryl methyl sites for hydroxylation is 2. The molecule has 1 aliphatic heterocycles. The Bertz CT molecular complexity index is 1040. The van der Waals surface area contributed by atoms with E-state index in [1.54, 1.807) is 13.0 Å². The summed E-state index contributed by atoms with van der Waals surface area (Å²) in [6.07, 6.45) is 6.37. The summed E-state index contributed by atoms with van der Waals surface area (Å²) >= 11 is 0. The van der Waals surface area contributed by atoms with E-state index in [2.05, 4.69) is 0 Å². The summed E-state index contributed by atoms with van der Waals surface area (Å²) in [5.41, 5.74) is 1.55. The summed E-state index contributed by atoms with van der Waals surface area (Å²) in [4.78, 5) is 27.4. The van der Waals surface area contributed by atoms with Gasteiger partial charge in [0.1, 0.15) is 5.69 Å². The zero-order chi connectivity index (χ0) is 21.9. The van der Waals surface area contributed by atoms with Crippen LogP contribution in [0.5, 0.6) is 0 Å². The molecule has 0 aliphatic carbocycles. The molecule has 0 bridgehead atoms. The van der Waals surface area contributed by atoms with Crippen LogP contribution in [-0.2, 0) is 21.6 Å². The van der Waals surface area contributed by atoms with E-state index in [9.17, 15) is 18.0 Å². The van der Waals surface area contributed by atoms with Crippen molar-refractivity contribution in [1.82, 2.24) is 9.47 Å². The highest BCUT2D eigenvalue weighted by molar-refractivity contribution is 7.90. The highest BCUT2D eigenvalue weighted by Gasteiger charge is 2.28. The molecule has 162 valence electrons. The molecule has 1 amide bonds. The molecule has 0 radical (unpaired) electrons. The van der Waals surface area contributed by atoms with Gasteiger partial charge in [-0.05, 0) is 56.0 Å². The normalized spacial score (nSPS) is 17.0. The Morgan fingerprint density at radius 3 is 2.63 bits per heavy atom. The Morgan fingerprint density at radius 1 is 1.20 bits per heavy atom. The molecule has 0 saturated carbocycles. The van der Waals surface area contributed by atoms with Gasteiger partial charge in [-0.15, -0.1) is 0 Å². The summed E-state index contributed by atoms with van der Waals surface area (Å²) in [5, 5.41) is 0. The molecule has 7 nitrogen and oxygen atoms in total. The second kappa shape index (κ2) is 9.04. The van der Waals surface area contributed by atoms with Gasteiger partial charge in [-0.3, -0.25) is 4.79 Å². The van der Waals surface area contributed by atoms with E-state index < -0.39 is 15.8 Å². The average molecular weight is 433 g/mol. The van der Waals surface area contributed by atoms with Crippen molar-refractivity contribution in [2.24, 2.45) is 7.05 Å². The van der Waals surface area contributed by atoms with Gasteiger partial charge in [0.2, 0.25) is 0 Å². The van der Waals surface area contributed by atoms with Crippen LogP contribution in [0, 0.1) is 6.92 Å². The lowest BCUT2D eigenvalue weighted by Gasteiger charge is -2.35. The number of benzene rings is 1. The largest absolute Gasteiger partial charge is 0.462 e. The molecular weight excluding hydrogens is 404 g/mol. The lowest BCUT2D eigenvalue weighted by molar-refractivity contribution is 0.0405. The van der Waals surface area contributed by atoms with Crippen LogP contribution in [0.25, 0.3) is 0 Å². The number of aromatic nitrogens is 1. The molecule has 8 heteroatoms. The molecule has 0 spiro atoms. The van der Waals surface area contributed by atoms with Crippen LogP contribution in [0.2, 0.25) is 0 Å². The highest BCUT2D eigenvalue weighted by atomic mass is 32.2. The number of hydrogen-bond acceptors (Lipinski definition) is 5. The summed E-state index contributed by atoms with van der Waals surface area (Å²) < 4.78 is 30.8. The minimum absolute atomic E-state index is 0.00442. The molecule has 2 heterocycles. The van der Waals surface area contributed by atoms with Crippen LogP contribution in [-0.4, -0.2) is 55.2 Å². The third kappa shape index (κ3) is 4.92. The van der Waals surface area contributed by atoms with E-state index in [0.717, 1.165) is 25.5 Å². The molecule has 30 heavy (non-hydrogen) atoms. The van der Waals surface area contributed by atoms with Crippen LogP contribution >= 0.6 is 0 Å². The fourth-order valence-electron chi connectivity index (χ4n) is 3.82. The standard InChI is InChI=1S/C22H28N2O5S/c1-16-9-10-18(30(3,27)28)15-19(16)22(26)29-14-11-17-7-4-5-13-24(17)21(25)20-8-6-12-23(20)2/h6,8-10,12,15,17H,4-5,7,11,13-14H2,1-3H3. The molecular formula is C22H28N2O5S. The molecule has 1 atom stereocenters. The maximum Gasteiger partial charge on any atom is 0.338 e. The molecule has 1 saturated heterocycles. The number of ether oxygens (including phenoxy) is 1. The van der Waals surface area contributed by atoms with Gasteiger partial charge in [0.05, 0.1) is 17.1 Å². The van der Waals surface area contributed by atoms with Gasteiger partial charge in [-0.1, -0.05) is 6.07 Å². The molecule has 3 rings (SSSR count). The summed E-state index contributed by atoms with van der Waals surface area (Å²) in [6.45, 7) is 2.60. The summed E-state index contributed by atoms with van der Waals surface area (Å²) in [6, 6.07) is 8.12. The van der Waals surface area contributed by atoms with Gasteiger partial charge in [-0.2, -0.15) is 0 Å². The topological polar surface area (TPSA) is 85.7 Å². The van der Waals surface area contributed by atoms with Gasteiger partial charge in [0.25, 0.3) is 5.91 Å². The number of esters is 1. The number of rotatable bonds is 6. The zero-order valence-electron chi connectivity index (χ0n) is 17.6. The number of sulfone groups is 1. The number of amides is 1. The van der Waals surface area contributed by atoms with E-state index in [1.165, 1.54) is 12.1 Å². The van der Waals surface area contributed by atoms with Crippen LogP contribution in [0.3, 0.4) is 0 Å². The monoisotopic (exact) mass is 432 g/mol. The Morgan fingerprint density at radius 2 is 1.97 bits per heavy atom. The Labute approximate surface area is 177 Å². The fourth-order valence-corrected chi connectivity index (χ4v) is 4.46. The maximum atomic E-state index is 12.9. The van der Waals surface area contributed by atoms with Crippen LogP contribution in [0.1, 0.15) is 52.1 Å². The Kier molecular flexibility index (Phi) is 6.65. The molecule has 1 aliphatic rings. The zero-order valence-corrected chi connectivity index (χ0v) is 18.4. The number of hydrogen-bond donors (Lipinski definition) is 0. The molecule has 1 aromatic heterocycles. The first-order valence-corrected chi connectivity index (χ1v) is 12.0. The number of likely N-dealkylation sites (tertiary alicyclic amines) is 1. The summed E-state index contributed by atoms with van der Waals surface area (Å²) in [5.74, 6) is -0.552.